The highest BCUT2D eigenvalue weighted by Gasteiger charge is 2.57. The average Bonchev–Trinajstić information content (AvgIpc) is 2.42. The van der Waals surface area contributed by atoms with Crippen molar-refractivity contribution in [1.29, 1.82) is 0 Å². The summed E-state index contributed by atoms with van der Waals surface area (Å²) in [5.41, 5.74) is -2.69. The van der Waals surface area contributed by atoms with Crippen molar-refractivity contribution in [3.05, 3.63) is 28.8 Å². The number of methoxy groups -OCH3 is 1. The maximum Gasteiger partial charge on any atom is 0.238 e. The van der Waals surface area contributed by atoms with E-state index in [9.17, 15) is 19.8 Å². The topological polar surface area (TPSA) is 83.8 Å². The fourth-order valence-electron chi connectivity index (χ4n) is 2.84. The molecule has 1 aliphatic carbocycles. The zero-order chi connectivity index (χ0) is 16.2. The Bertz CT molecular complexity index is 630. The summed E-state index contributed by atoms with van der Waals surface area (Å²) < 4.78 is 5.21. The van der Waals surface area contributed by atoms with Gasteiger partial charge in [-0.15, -0.1) is 0 Å². The first kappa shape index (κ1) is 15.7. The van der Waals surface area contributed by atoms with Crippen LogP contribution >= 0.6 is 0 Å². The zero-order valence-electron chi connectivity index (χ0n) is 12.9. The molecule has 21 heavy (non-hydrogen) atoms. The molecule has 2 rings (SSSR count). The minimum Gasteiger partial charge on any atom is -0.496 e. The Balaban J connectivity index is 2.88. The molecule has 0 heterocycles. The molecule has 1 aliphatic rings. The van der Waals surface area contributed by atoms with Gasteiger partial charge in [0.05, 0.1) is 7.11 Å². The molecule has 0 fully saturated rings. The summed E-state index contributed by atoms with van der Waals surface area (Å²) in [6.07, 6.45) is 0. The van der Waals surface area contributed by atoms with Crippen LogP contribution in [0.3, 0.4) is 0 Å². The average molecular weight is 292 g/mol. The number of aliphatic hydroxyl groups is 2. The van der Waals surface area contributed by atoms with Crippen molar-refractivity contribution in [2.45, 2.75) is 38.9 Å². The summed E-state index contributed by atoms with van der Waals surface area (Å²) in [6.45, 7) is 6.36. The van der Waals surface area contributed by atoms with Crippen molar-refractivity contribution in [3.8, 4) is 5.75 Å². The standard InChI is InChI=1S/C16H20O5/c1-8(2)16(20)11-6-9(3)12(21-5)7-10(11)15(4,19)13(17)14(16)18/h6-8,19-20H,1-5H3/t15-,16-/m0/s1. The Kier molecular flexibility index (Phi) is 3.46. The van der Waals surface area contributed by atoms with E-state index in [0.29, 0.717) is 11.3 Å². The fraction of sp³-hybridized carbons (Fsp3) is 0.500. The molecule has 2 N–H and O–H groups in total. The van der Waals surface area contributed by atoms with Gasteiger partial charge in [-0.1, -0.05) is 13.8 Å². The van der Waals surface area contributed by atoms with Crippen LogP contribution in [0.4, 0.5) is 0 Å². The normalized spacial score (nSPS) is 28.8. The molecule has 1 aromatic carbocycles. The third-order valence-electron chi connectivity index (χ3n) is 4.30. The molecule has 0 spiro atoms. The highest BCUT2D eigenvalue weighted by molar-refractivity contribution is 6.44. The van der Waals surface area contributed by atoms with Crippen LogP contribution in [0.2, 0.25) is 0 Å². The van der Waals surface area contributed by atoms with E-state index in [-0.39, 0.29) is 11.1 Å². The lowest BCUT2D eigenvalue weighted by atomic mass is 9.66. The fourth-order valence-corrected chi connectivity index (χ4v) is 2.84. The first-order valence-electron chi connectivity index (χ1n) is 6.82. The minimum atomic E-state index is -1.96. The van der Waals surface area contributed by atoms with Crippen molar-refractivity contribution in [1.82, 2.24) is 0 Å². The third-order valence-corrected chi connectivity index (χ3v) is 4.30. The van der Waals surface area contributed by atoms with E-state index in [1.165, 1.54) is 20.1 Å². The highest BCUT2D eigenvalue weighted by Crippen LogP contribution is 2.45. The van der Waals surface area contributed by atoms with E-state index in [1.807, 2.05) is 0 Å². The summed E-state index contributed by atoms with van der Waals surface area (Å²) in [4.78, 5) is 24.6. The number of hydrogen-bond donors (Lipinski definition) is 2. The molecule has 5 heteroatoms. The Morgan fingerprint density at radius 2 is 1.67 bits per heavy atom. The number of Topliss-reactive ketones (excluding diaryl/α,β-unsaturated/α-hetero) is 2. The summed E-state index contributed by atoms with van der Waals surface area (Å²) >= 11 is 0. The second-order valence-electron chi connectivity index (χ2n) is 6.02. The molecule has 0 saturated carbocycles. The molecule has 0 unspecified atom stereocenters. The molecule has 2 atom stereocenters. The Morgan fingerprint density at radius 1 is 1.10 bits per heavy atom. The first-order valence-corrected chi connectivity index (χ1v) is 6.82. The molecule has 0 aliphatic heterocycles. The maximum absolute atomic E-state index is 12.3. The van der Waals surface area contributed by atoms with Crippen molar-refractivity contribution >= 4 is 11.6 Å². The molecular formula is C16H20O5. The molecule has 5 nitrogen and oxygen atoms in total. The van der Waals surface area contributed by atoms with Gasteiger partial charge in [0, 0.05) is 5.56 Å². The lowest BCUT2D eigenvalue weighted by molar-refractivity contribution is -0.165. The number of carbonyl (C=O) groups is 2. The van der Waals surface area contributed by atoms with Crippen LogP contribution in [0.25, 0.3) is 0 Å². The second kappa shape index (κ2) is 4.64. The van der Waals surface area contributed by atoms with Crippen LogP contribution in [-0.2, 0) is 20.8 Å². The van der Waals surface area contributed by atoms with Crippen LogP contribution in [0.15, 0.2) is 12.1 Å². The van der Waals surface area contributed by atoms with E-state index >= 15 is 0 Å². The number of rotatable bonds is 2. The van der Waals surface area contributed by atoms with Gasteiger partial charge in [-0.05, 0) is 43.0 Å². The van der Waals surface area contributed by atoms with Gasteiger partial charge in [0.1, 0.15) is 5.75 Å². The predicted molar refractivity (Wildman–Crippen MR) is 76.1 cm³/mol. The van der Waals surface area contributed by atoms with E-state index in [1.54, 1.807) is 26.8 Å². The van der Waals surface area contributed by atoms with Crippen LogP contribution < -0.4 is 4.74 Å². The smallest absolute Gasteiger partial charge is 0.238 e. The maximum atomic E-state index is 12.3. The first-order chi connectivity index (χ1) is 9.58. The van der Waals surface area contributed by atoms with Crippen LogP contribution in [0, 0.1) is 12.8 Å². The minimum absolute atomic E-state index is 0.214. The van der Waals surface area contributed by atoms with Gasteiger partial charge >= 0.3 is 0 Å². The van der Waals surface area contributed by atoms with Gasteiger partial charge in [-0.3, -0.25) is 9.59 Å². The molecule has 0 bridgehead atoms. The SMILES string of the molecule is COc1cc2c(cc1C)[C@@](O)(C(C)C)C(=O)C(=O)[C@@]2(C)O. The van der Waals surface area contributed by atoms with Gasteiger partial charge in [0.25, 0.3) is 0 Å². The zero-order valence-corrected chi connectivity index (χ0v) is 12.9. The molecule has 0 amide bonds. The van der Waals surface area contributed by atoms with E-state index in [4.69, 9.17) is 4.74 Å². The summed E-state index contributed by atoms with van der Waals surface area (Å²) in [7, 11) is 1.48. The lowest BCUT2D eigenvalue weighted by Gasteiger charge is -2.41. The number of fused-ring (bicyclic) bond motifs is 1. The third kappa shape index (κ3) is 1.92. The molecule has 114 valence electrons. The van der Waals surface area contributed by atoms with E-state index < -0.39 is 28.7 Å². The Morgan fingerprint density at radius 3 is 2.14 bits per heavy atom. The highest BCUT2D eigenvalue weighted by atomic mass is 16.5. The molecule has 0 saturated heterocycles. The van der Waals surface area contributed by atoms with Crippen LogP contribution in [0.1, 0.15) is 37.5 Å². The molecular weight excluding hydrogens is 272 g/mol. The molecule has 0 aromatic heterocycles. The van der Waals surface area contributed by atoms with Crippen LogP contribution in [-0.4, -0.2) is 28.9 Å². The number of ketones is 2. The largest absolute Gasteiger partial charge is 0.496 e. The van der Waals surface area contributed by atoms with Gasteiger partial charge < -0.3 is 14.9 Å². The van der Waals surface area contributed by atoms with Gasteiger partial charge in [-0.25, -0.2) is 0 Å². The van der Waals surface area contributed by atoms with Crippen LogP contribution in [0.5, 0.6) is 5.75 Å². The summed E-state index contributed by atoms with van der Waals surface area (Å²) in [6, 6.07) is 3.12. The van der Waals surface area contributed by atoms with Crippen molar-refractivity contribution in [3.63, 3.8) is 0 Å². The summed E-state index contributed by atoms with van der Waals surface area (Å²) in [5, 5.41) is 21.3. The quantitative estimate of drug-likeness (QED) is 0.800. The van der Waals surface area contributed by atoms with Crippen molar-refractivity contribution in [2.24, 2.45) is 5.92 Å². The number of benzene rings is 1. The van der Waals surface area contributed by atoms with Gasteiger partial charge in [0.2, 0.25) is 11.6 Å². The number of carbonyl (C=O) groups excluding carboxylic acids is 2. The van der Waals surface area contributed by atoms with Gasteiger partial charge in [0.15, 0.2) is 11.2 Å². The molecule has 0 radical (unpaired) electrons. The number of ether oxygens (including phenoxy) is 1. The summed E-state index contributed by atoms with van der Waals surface area (Å²) in [5.74, 6) is -1.99. The van der Waals surface area contributed by atoms with Crippen molar-refractivity contribution < 1.29 is 24.5 Å². The molecule has 1 aromatic rings. The Labute approximate surface area is 123 Å². The van der Waals surface area contributed by atoms with E-state index in [0.717, 1.165) is 0 Å². The predicted octanol–water partition coefficient (Wildman–Crippen LogP) is 1.21. The number of hydrogen-bond acceptors (Lipinski definition) is 5. The monoisotopic (exact) mass is 292 g/mol. The van der Waals surface area contributed by atoms with E-state index in [2.05, 4.69) is 0 Å². The number of aryl methyl sites for hydroxylation is 1. The second-order valence-corrected chi connectivity index (χ2v) is 6.02. The van der Waals surface area contributed by atoms with Crippen molar-refractivity contribution in [2.75, 3.05) is 7.11 Å². The lowest BCUT2D eigenvalue weighted by Crippen LogP contribution is -2.56. The Hall–Kier alpha value is -1.72. The van der Waals surface area contributed by atoms with Gasteiger partial charge in [-0.2, -0.15) is 0 Å².